The Labute approximate surface area is 107 Å². The summed E-state index contributed by atoms with van der Waals surface area (Å²) in [7, 11) is 0. The van der Waals surface area contributed by atoms with Crippen LogP contribution in [0.1, 0.15) is 0 Å². The molecule has 0 aliphatic heterocycles. The average Bonchev–Trinajstić information content (AvgIpc) is 2.64. The molecule has 0 aliphatic carbocycles. The van der Waals surface area contributed by atoms with Crippen molar-refractivity contribution < 1.29 is 9.31 Å². The van der Waals surface area contributed by atoms with E-state index in [-0.39, 0.29) is 11.3 Å². The Morgan fingerprint density at radius 2 is 2.19 bits per heavy atom. The van der Waals surface area contributed by atoms with Gasteiger partial charge in [-0.3, -0.25) is 10.1 Å². The quantitative estimate of drug-likeness (QED) is 0.474. The maximum atomic E-state index is 13.5. The van der Waals surface area contributed by atoms with Gasteiger partial charge in [0.2, 0.25) is 0 Å². The number of hydrogen-bond donors (Lipinski definition) is 0. The Bertz CT molecular complexity index is 560. The zero-order valence-electron chi connectivity index (χ0n) is 7.55. The molecule has 0 saturated heterocycles. The number of nitro groups is 1. The van der Waals surface area contributed by atoms with Crippen molar-refractivity contribution in [3.8, 4) is 10.6 Å². The molecule has 16 heavy (non-hydrogen) atoms. The summed E-state index contributed by atoms with van der Waals surface area (Å²) in [6.07, 6.45) is 0. The first-order valence-corrected chi connectivity index (χ1v) is 5.91. The first-order chi connectivity index (χ1) is 7.58. The fraction of sp³-hybridized carbons (Fsp3) is 0. The summed E-state index contributed by atoms with van der Waals surface area (Å²) in [5, 5.41) is 18.3. The Kier molecular flexibility index (Phi) is 3.10. The lowest BCUT2D eigenvalue weighted by molar-refractivity contribution is -0.385. The molecule has 0 atom stereocenters. The van der Waals surface area contributed by atoms with Gasteiger partial charge in [0.15, 0.2) is 8.02 Å². The van der Waals surface area contributed by atoms with E-state index in [1.54, 1.807) is 0 Å². The smallest absolute Gasteiger partial charge is 0.258 e. The van der Waals surface area contributed by atoms with Gasteiger partial charge in [0, 0.05) is 11.6 Å². The van der Waals surface area contributed by atoms with Crippen molar-refractivity contribution >= 4 is 39.6 Å². The Balaban J connectivity index is 2.47. The molecule has 2 rings (SSSR count). The molecule has 0 spiro atoms. The van der Waals surface area contributed by atoms with Crippen LogP contribution in [0.15, 0.2) is 18.2 Å². The maximum Gasteiger partial charge on any atom is 0.272 e. The monoisotopic (exact) mass is 351 g/mol. The molecular weight excluding hydrogens is 348 g/mol. The van der Waals surface area contributed by atoms with E-state index in [0.717, 1.165) is 6.07 Å². The van der Waals surface area contributed by atoms with Crippen LogP contribution in [-0.4, -0.2) is 15.1 Å². The first kappa shape index (κ1) is 11.3. The fourth-order valence-corrected chi connectivity index (χ4v) is 2.44. The van der Waals surface area contributed by atoms with Crippen LogP contribution < -0.4 is 0 Å². The van der Waals surface area contributed by atoms with Gasteiger partial charge in [-0.25, -0.2) is 4.39 Å². The van der Waals surface area contributed by atoms with Crippen molar-refractivity contribution in [1.29, 1.82) is 0 Å². The molecule has 0 amide bonds. The SMILES string of the molecule is O=[N+]([O-])c1ccc(-c2nnc(I)s2)c(F)c1. The Morgan fingerprint density at radius 1 is 1.44 bits per heavy atom. The molecule has 0 unspecified atom stereocenters. The predicted octanol–water partition coefficient (Wildman–Crippen LogP) is 2.86. The van der Waals surface area contributed by atoms with Crippen LogP contribution in [0.25, 0.3) is 10.6 Å². The summed E-state index contributed by atoms with van der Waals surface area (Å²) < 4.78 is 14.2. The summed E-state index contributed by atoms with van der Waals surface area (Å²) in [5.41, 5.74) is -0.0496. The van der Waals surface area contributed by atoms with Crippen molar-refractivity contribution in [3.63, 3.8) is 0 Å². The Morgan fingerprint density at radius 3 is 2.69 bits per heavy atom. The fourth-order valence-electron chi connectivity index (χ4n) is 1.11. The lowest BCUT2D eigenvalue weighted by Gasteiger charge is -1.97. The van der Waals surface area contributed by atoms with Crippen LogP contribution >= 0.6 is 33.9 Å². The standard InChI is InChI=1S/C8H3FIN3O2S/c9-6-3-4(13(14)15)1-2-5(6)7-11-12-8(10)16-7/h1-3H. The molecule has 1 aromatic carbocycles. The minimum absolute atomic E-state index is 0.228. The number of benzene rings is 1. The van der Waals surface area contributed by atoms with E-state index < -0.39 is 10.7 Å². The average molecular weight is 351 g/mol. The van der Waals surface area contributed by atoms with E-state index >= 15 is 0 Å². The summed E-state index contributed by atoms with van der Waals surface area (Å²) in [6, 6.07) is 3.46. The minimum atomic E-state index is -0.665. The zero-order valence-corrected chi connectivity index (χ0v) is 10.5. The number of hydrogen-bond acceptors (Lipinski definition) is 5. The molecule has 0 bridgehead atoms. The molecule has 1 heterocycles. The van der Waals surface area contributed by atoms with Gasteiger partial charge in [-0.2, -0.15) is 0 Å². The summed E-state index contributed by atoms with van der Waals surface area (Å²) in [5.74, 6) is -0.665. The van der Waals surface area contributed by atoms with Crippen LogP contribution in [0.4, 0.5) is 10.1 Å². The van der Waals surface area contributed by atoms with E-state index in [1.165, 1.54) is 23.5 Å². The number of halogens is 2. The number of non-ortho nitro benzene ring substituents is 1. The highest BCUT2D eigenvalue weighted by molar-refractivity contribution is 14.1. The maximum absolute atomic E-state index is 13.5. The highest BCUT2D eigenvalue weighted by Crippen LogP contribution is 2.28. The molecule has 0 N–H and O–H groups in total. The van der Waals surface area contributed by atoms with Crippen LogP contribution in [0, 0.1) is 18.9 Å². The molecule has 0 aliphatic rings. The number of rotatable bonds is 2. The number of aromatic nitrogens is 2. The van der Waals surface area contributed by atoms with E-state index in [9.17, 15) is 14.5 Å². The second kappa shape index (κ2) is 4.37. The van der Waals surface area contributed by atoms with Crippen molar-refractivity contribution in [1.82, 2.24) is 10.2 Å². The van der Waals surface area contributed by atoms with Crippen molar-refractivity contribution in [2.45, 2.75) is 0 Å². The van der Waals surface area contributed by atoms with Gasteiger partial charge in [0.05, 0.1) is 11.0 Å². The third kappa shape index (κ3) is 2.16. The normalized spacial score (nSPS) is 10.4. The Hall–Kier alpha value is -1.16. The lowest BCUT2D eigenvalue weighted by Crippen LogP contribution is -1.90. The molecule has 82 valence electrons. The van der Waals surface area contributed by atoms with Gasteiger partial charge in [-0.1, -0.05) is 11.3 Å². The molecule has 0 radical (unpaired) electrons. The molecule has 1 aromatic heterocycles. The van der Waals surface area contributed by atoms with Gasteiger partial charge in [0.1, 0.15) is 5.82 Å². The molecule has 2 aromatic rings. The number of nitrogens with zero attached hydrogens (tertiary/aromatic N) is 3. The van der Waals surface area contributed by atoms with E-state index in [2.05, 4.69) is 10.2 Å². The first-order valence-electron chi connectivity index (χ1n) is 4.01. The minimum Gasteiger partial charge on any atom is -0.258 e. The highest BCUT2D eigenvalue weighted by atomic mass is 127. The molecule has 5 nitrogen and oxygen atoms in total. The van der Waals surface area contributed by atoms with Gasteiger partial charge in [0.25, 0.3) is 5.69 Å². The summed E-state index contributed by atoms with van der Waals surface area (Å²) in [4.78, 5) is 9.78. The molecule has 8 heteroatoms. The van der Waals surface area contributed by atoms with Crippen molar-refractivity contribution in [2.24, 2.45) is 0 Å². The highest BCUT2D eigenvalue weighted by Gasteiger charge is 2.14. The summed E-state index contributed by atoms with van der Waals surface area (Å²) >= 11 is 3.19. The largest absolute Gasteiger partial charge is 0.272 e. The van der Waals surface area contributed by atoms with E-state index in [4.69, 9.17) is 0 Å². The van der Waals surface area contributed by atoms with Gasteiger partial charge in [-0.15, -0.1) is 10.2 Å². The van der Waals surface area contributed by atoms with Crippen molar-refractivity contribution in [3.05, 3.63) is 37.1 Å². The van der Waals surface area contributed by atoms with Crippen LogP contribution in [0.5, 0.6) is 0 Å². The third-order valence-electron chi connectivity index (χ3n) is 1.79. The molecule has 0 fully saturated rings. The van der Waals surface area contributed by atoms with Crippen LogP contribution in [0.2, 0.25) is 0 Å². The molecule has 0 saturated carbocycles. The second-order valence-electron chi connectivity index (χ2n) is 2.78. The van der Waals surface area contributed by atoms with Crippen LogP contribution in [-0.2, 0) is 0 Å². The number of nitro benzene ring substituents is 1. The summed E-state index contributed by atoms with van der Waals surface area (Å²) in [6.45, 7) is 0. The van der Waals surface area contributed by atoms with Gasteiger partial charge < -0.3 is 0 Å². The zero-order chi connectivity index (χ0) is 11.7. The second-order valence-corrected chi connectivity index (χ2v) is 5.51. The topological polar surface area (TPSA) is 68.9 Å². The van der Waals surface area contributed by atoms with E-state index in [1.807, 2.05) is 22.6 Å². The lowest BCUT2D eigenvalue weighted by atomic mass is 10.2. The predicted molar refractivity (Wildman–Crippen MR) is 64.7 cm³/mol. The molecular formula is C8H3FIN3O2S. The third-order valence-corrected chi connectivity index (χ3v) is 3.42. The van der Waals surface area contributed by atoms with E-state index in [0.29, 0.717) is 8.02 Å². The van der Waals surface area contributed by atoms with Crippen LogP contribution in [0.3, 0.4) is 0 Å². The van der Waals surface area contributed by atoms with Gasteiger partial charge in [-0.05, 0) is 28.7 Å². The van der Waals surface area contributed by atoms with Gasteiger partial charge >= 0.3 is 0 Å². The van der Waals surface area contributed by atoms with Crippen molar-refractivity contribution in [2.75, 3.05) is 0 Å².